The number of aliphatic hydroxyl groups excluding tert-OH is 1. The van der Waals surface area contributed by atoms with Crippen molar-refractivity contribution in [3.8, 4) is 0 Å². The summed E-state index contributed by atoms with van der Waals surface area (Å²) in [6.45, 7) is 7.03. The Morgan fingerprint density at radius 1 is 1.62 bits per heavy atom. The summed E-state index contributed by atoms with van der Waals surface area (Å²) in [5.74, 6) is 0. The van der Waals surface area contributed by atoms with Crippen LogP contribution in [0.25, 0.3) is 0 Å². The molecule has 0 heterocycles. The Balaban J connectivity index is 3.23. The van der Waals surface area contributed by atoms with Crippen LogP contribution in [0, 0.1) is 0 Å². The molecule has 0 aliphatic rings. The molecule has 2 atom stereocenters. The molecule has 2 unspecified atom stereocenters. The van der Waals surface area contributed by atoms with Gasteiger partial charge >= 0.3 is 0 Å². The molecule has 0 amide bonds. The minimum Gasteiger partial charge on any atom is -0.393 e. The lowest BCUT2D eigenvalue weighted by atomic mass is 10.2. The third-order valence-corrected chi connectivity index (χ3v) is 0.994. The second-order valence-electron chi connectivity index (χ2n) is 2.12. The largest absolute Gasteiger partial charge is 0.393 e. The quantitative estimate of drug-likeness (QED) is 0.543. The van der Waals surface area contributed by atoms with E-state index >= 15 is 0 Å². The predicted molar refractivity (Wildman–Crippen MR) is 35.3 cm³/mol. The highest BCUT2D eigenvalue weighted by Crippen LogP contribution is 1.98. The highest BCUT2D eigenvalue weighted by Gasteiger charge is 2.00. The van der Waals surface area contributed by atoms with E-state index in [1.54, 1.807) is 6.92 Å². The molecule has 2 heteroatoms. The van der Waals surface area contributed by atoms with Crippen LogP contribution in [-0.2, 0) is 0 Å². The molecule has 0 aromatic rings. The lowest BCUT2D eigenvalue weighted by Gasteiger charge is -2.05. The van der Waals surface area contributed by atoms with Gasteiger partial charge in [0.05, 0.1) is 6.10 Å². The summed E-state index contributed by atoms with van der Waals surface area (Å²) in [5.41, 5.74) is 0. The van der Waals surface area contributed by atoms with Crippen molar-refractivity contribution in [3.05, 3.63) is 0 Å². The molecule has 0 aromatic heterocycles. The molecule has 0 radical (unpaired) electrons. The Labute approximate surface area is 50.3 Å². The summed E-state index contributed by atoms with van der Waals surface area (Å²) in [7, 11) is 0. The van der Waals surface area contributed by atoms with Gasteiger partial charge in [-0.25, -0.2) is 0 Å². The lowest BCUT2D eigenvalue weighted by Crippen LogP contribution is -2.08. The second-order valence-corrected chi connectivity index (χ2v) is 2.12. The van der Waals surface area contributed by atoms with Gasteiger partial charge in [-0.05, 0) is 27.0 Å². The molecule has 0 aliphatic heterocycles. The minimum atomic E-state index is -0.254. The summed E-state index contributed by atoms with van der Waals surface area (Å²) in [6, 6.07) is 0.190. The third kappa shape index (κ3) is 3.81. The molecule has 0 saturated carbocycles. The summed E-state index contributed by atoms with van der Waals surface area (Å²) in [6.07, 6.45) is 0.458. The number of hydrogen-bond acceptors (Lipinski definition) is 2. The molecule has 0 aromatic carbocycles. The third-order valence-electron chi connectivity index (χ3n) is 0.994. The Morgan fingerprint density at radius 3 is 2.25 bits per heavy atom. The first-order chi connectivity index (χ1) is 3.66. The maximum absolute atomic E-state index is 8.77. The average molecular weight is 115 g/mol. The Hall–Kier alpha value is -0.370. The standard InChI is InChI=1S/C6H13NO/c1-5(7-3)4-6(2)8/h5-6,8H,3-4H2,1-2H3. The minimum absolute atomic E-state index is 0.190. The van der Waals surface area contributed by atoms with Gasteiger partial charge in [0.2, 0.25) is 0 Å². The van der Waals surface area contributed by atoms with Gasteiger partial charge in [-0.15, -0.1) is 0 Å². The molecule has 0 bridgehead atoms. The maximum Gasteiger partial charge on any atom is 0.0532 e. The van der Waals surface area contributed by atoms with Crippen molar-refractivity contribution in [3.63, 3.8) is 0 Å². The van der Waals surface area contributed by atoms with Crippen molar-refractivity contribution in [1.29, 1.82) is 0 Å². The molecular formula is C6H13NO. The van der Waals surface area contributed by atoms with Gasteiger partial charge in [0.15, 0.2) is 0 Å². The van der Waals surface area contributed by atoms with E-state index in [0.29, 0.717) is 6.42 Å². The molecule has 0 saturated heterocycles. The van der Waals surface area contributed by atoms with Crippen LogP contribution in [0.1, 0.15) is 20.3 Å². The van der Waals surface area contributed by atoms with E-state index in [2.05, 4.69) is 11.7 Å². The summed E-state index contributed by atoms with van der Waals surface area (Å²) >= 11 is 0. The monoisotopic (exact) mass is 115 g/mol. The molecule has 0 fully saturated rings. The van der Waals surface area contributed by atoms with E-state index in [-0.39, 0.29) is 12.1 Å². The Morgan fingerprint density at radius 2 is 2.12 bits per heavy atom. The molecule has 48 valence electrons. The van der Waals surface area contributed by atoms with Crippen molar-refractivity contribution in [1.82, 2.24) is 0 Å². The molecule has 0 rings (SSSR count). The Kier molecular flexibility index (Phi) is 3.44. The normalized spacial score (nSPS) is 17.4. The average Bonchev–Trinajstić information content (AvgIpc) is 1.65. The zero-order valence-corrected chi connectivity index (χ0v) is 5.46. The number of nitrogens with zero attached hydrogens (tertiary/aromatic N) is 1. The molecule has 2 nitrogen and oxygen atoms in total. The first kappa shape index (κ1) is 7.63. The second kappa shape index (κ2) is 3.61. The first-order valence-electron chi connectivity index (χ1n) is 2.80. The van der Waals surface area contributed by atoms with E-state index < -0.39 is 0 Å². The van der Waals surface area contributed by atoms with Crippen LogP contribution in [0.4, 0.5) is 0 Å². The SMILES string of the molecule is C=NC(C)CC(C)O. The zero-order chi connectivity index (χ0) is 6.57. The molecule has 1 N–H and O–H groups in total. The van der Waals surface area contributed by atoms with Crippen molar-refractivity contribution in [2.24, 2.45) is 4.99 Å². The fraction of sp³-hybridized carbons (Fsp3) is 0.833. The topological polar surface area (TPSA) is 32.6 Å². The van der Waals surface area contributed by atoms with Crippen LogP contribution < -0.4 is 0 Å². The molecular weight excluding hydrogens is 102 g/mol. The highest BCUT2D eigenvalue weighted by molar-refractivity contribution is 5.23. The van der Waals surface area contributed by atoms with Gasteiger partial charge in [-0.2, -0.15) is 0 Å². The van der Waals surface area contributed by atoms with Crippen LogP contribution in [-0.4, -0.2) is 24.0 Å². The summed E-state index contributed by atoms with van der Waals surface area (Å²) in [4.78, 5) is 3.72. The van der Waals surface area contributed by atoms with E-state index in [1.807, 2.05) is 6.92 Å². The van der Waals surface area contributed by atoms with Gasteiger partial charge in [-0.1, -0.05) is 0 Å². The summed E-state index contributed by atoms with van der Waals surface area (Å²) < 4.78 is 0. The van der Waals surface area contributed by atoms with E-state index in [0.717, 1.165) is 0 Å². The van der Waals surface area contributed by atoms with Crippen molar-refractivity contribution >= 4 is 6.72 Å². The summed E-state index contributed by atoms with van der Waals surface area (Å²) in [5, 5.41) is 8.77. The zero-order valence-electron chi connectivity index (χ0n) is 5.46. The van der Waals surface area contributed by atoms with Crippen molar-refractivity contribution < 1.29 is 5.11 Å². The highest BCUT2D eigenvalue weighted by atomic mass is 16.3. The van der Waals surface area contributed by atoms with Crippen LogP contribution in [0.15, 0.2) is 4.99 Å². The fourth-order valence-corrected chi connectivity index (χ4v) is 0.568. The van der Waals surface area contributed by atoms with Gasteiger partial charge in [0.1, 0.15) is 0 Å². The van der Waals surface area contributed by atoms with Gasteiger partial charge in [-0.3, -0.25) is 4.99 Å². The van der Waals surface area contributed by atoms with E-state index in [1.165, 1.54) is 0 Å². The fourth-order valence-electron chi connectivity index (χ4n) is 0.568. The van der Waals surface area contributed by atoms with Crippen LogP contribution in [0.2, 0.25) is 0 Å². The van der Waals surface area contributed by atoms with Crippen LogP contribution >= 0.6 is 0 Å². The van der Waals surface area contributed by atoms with Crippen LogP contribution in [0.5, 0.6) is 0 Å². The molecule has 0 spiro atoms. The molecule has 8 heavy (non-hydrogen) atoms. The smallest absolute Gasteiger partial charge is 0.0532 e. The van der Waals surface area contributed by atoms with Gasteiger partial charge < -0.3 is 5.11 Å². The first-order valence-corrected chi connectivity index (χ1v) is 2.80. The number of aliphatic imine (C=N–C) groups is 1. The predicted octanol–water partition coefficient (Wildman–Crippen LogP) is 0.846. The Bertz CT molecular complexity index is 70.9. The number of aliphatic hydroxyl groups is 1. The van der Waals surface area contributed by atoms with E-state index in [9.17, 15) is 0 Å². The maximum atomic E-state index is 8.77. The van der Waals surface area contributed by atoms with Gasteiger partial charge in [0, 0.05) is 6.04 Å². The van der Waals surface area contributed by atoms with Gasteiger partial charge in [0.25, 0.3) is 0 Å². The van der Waals surface area contributed by atoms with Crippen molar-refractivity contribution in [2.45, 2.75) is 32.4 Å². The van der Waals surface area contributed by atoms with Crippen molar-refractivity contribution in [2.75, 3.05) is 0 Å². The lowest BCUT2D eigenvalue weighted by molar-refractivity contribution is 0.177. The van der Waals surface area contributed by atoms with E-state index in [4.69, 9.17) is 5.11 Å². The van der Waals surface area contributed by atoms with Crippen LogP contribution in [0.3, 0.4) is 0 Å². The number of rotatable bonds is 3. The number of hydrogen-bond donors (Lipinski definition) is 1. The molecule has 0 aliphatic carbocycles.